The number of rotatable bonds is 4. The average Bonchev–Trinajstić information content (AvgIpc) is 2.89. The van der Waals surface area contributed by atoms with Gasteiger partial charge in [-0.15, -0.1) is 0 Å². The lowest BCUT2D eigenvalue weighted by molar-refractivity contribution is 0.0593. The van der Waals surface area contributed by atoms with Crippen LogP contribution in [0, 0.1) is 6.92 Å². The van der Waals surface area contributed by atoms with Crippen molar-refractivity contribution in [3.05, 3.63) is 52.8 Å². The van der Waals surface area contributed by atoms with Gasteiger partial charge in [0.1, 0.15) is 11.4 Å². The Hall–Kier alpha value is -2.43. The molecule has 3 rings (SSSR count). The van der Waals surface area contributed by atoms with Gasteiger partial charge in [-0.25, -0.2) is 0 Å². The van der Waals surface area contributed by atoms with Crippen molar-refractivity contribution in [2.45, 2.75) is 46.2 Å². The summed E-state index contributed by atoms with van der Waals surface area (Å²) in [5.74, 6) is -0.136. The van der Waals surface area contributed by atoms with E-state index < -0.39 is 0 Å². The van der Waals surface area contributed by atoms with E-state index in [1.54, 1.807) is 4.68 Å². The Labute approximate surface area is 142 Å². The smallest absolute Gasteiger partial charge is 0.272 e. The first-order valence-corrected chi connectivity index (χ1v) is 8.35. The van der Waals surface area contributed by atoms with E-state index in [2.05, 4.69) is 17.2 Å². The molecule has 0 radical (unpaired) electrons. The fourth-order valence-corrected chi connectivity index (χ4v) is 3.38. The fraction of sp³-hybridized carbons (Fsp3) is 0.421. The van der Waals surface area contributed by atoms with Crippen molar-refractivity contribution in [1.29, 1.82) is 0 Å². The third-order valence-corrected chi connectivity index (χ3v) is 4.63. The van der Waals surface area contributed by atoms with Crippen molar-refractivity contribution in [2.24, 2.45) is 0 Å². The number of fused-ring (bicyclic) bond motifs is 1. The number of hydrogen-bond acceptors (Lipinski definition) is 3. The van der Waals surface area contributed by atoms with E-state index in [0.29, 0.717) is 23.5 Å². The molecule has 0 bridgehead atoms. The summed E-state index contributed by atoms with van der Waals surface area (Å²) in [5, 5.41) is 4.49. The number of Topliss-reactive ketones (excluding diaryl/α,β-unsaturated/α-hetero) is 1. The Morgan fingerprint density at radius 2 is 1.96 bits per heavy atom. The summed E-state index contributed by atoms with van der Waals surface area (Å²) in [4.78, 5) is 26.6. The Morgan fingerprint density at radius 1 is 1.29 bits per heavy atom. The maximum Gasteiger partial charge on any atom is 0.272 e. The largest absolute Gasteiger partial charge is 0.333 e. The summed E-state index contributed by atoms with van der Waals surface area (Å²) in [7, 11) is 0. The van der Waals surface area contributed by atoms with Crippen LogP contribution in [0.1, 0.15) is 58.9 Å². The van der Waals surface area contributed by atoms with E-state index in [-0.39, 0.29) is 23.8 Å². The van der Waals surface area contributed by atoms with Gasteiger partial charge in [-0.3, -0.25) is 14.3 Å². The van der Waals surface area contributed by atoms with Crippen LogP contribution in [0.2, 0.25) is 0 Å². The standard InChI is InChI=1S/C19H23N3O2/c1-12(2)21-11-16(10-15-8-6-5-7-9-15)22-18(19(21)24)13(3)17(20-22)14(4)23/h5-9,12,16H,10-11H2,1-4H3. The second-order valence-corrected chi connectivity index (χ2v) is 6.72. The lowest BCUT2D eigenvalue weighted by Gasteiger charge is -2.36. The second kappa shape index (κ2) is 6.23. The van der Waals surface area contributed by atoms with Crippen LogP contribution in [0.4, 0.5) is 0 Å². The number of aromatic nitrogens is 2. The number of ketones is 1. The molecular formula is C19H23N3O2. The van der Waals surface area contributed by atoms with Crippen LogP contribution < -0.4 is 0 Å². The number of carbonyl (C=O) groups is 2. The molecule has 0 fully saturated rings. The molecule has 2 heterocycles. The lowest BCUT2D eigenvalue weighted by Crippen LogP contribution is -2.47. The van der Waals surface area contributed by atoms with Gasteiger partial charge in [-0.2, -0.15) is 5.10 Å². The summed E-state index contributed by atoms with van der Waals surface area (Å²) in [6.45, 7) is 7.96. The van der Waals surface area contributed by atoms with Crippen LogP contribution in [0.5, 0.6) is 0 Å². The molecule has 2 aromatic rings. The van der Waals surface area contributed by atoms with Crippen LogP contribution in [0.3, 0.4) is 0 Å². The number of benzene rings is 1. The van der Waals surface area contributed by atoms with E-state index in [0.717, 1.165) is 6.42 Å². The topological polar surface area (TPSA) is 55.2 Å². The summed E-state index contributed by atoms with van der Waals surface area (Å²) < 4.78 is 1.78. The minimum absolute atomic E-state index is 0.0354. The van der Waals surface area contributed by atoms with Gasteiger partial charge < -0.3 is 4.90 Å². The third-order valence-electron chi connectivity index (χ3n) is 4.63. The molecule has 0 spiro atoms. The van der Waals surface area contributed by atoms with Crippen molar-refractivity contribution in [1.82, 2.24) is 14.7 Å². The molecule has 1 aliphatic rings. The average molecular weight is 325 g/mol. The van der Waals surface area contributed by atoms with Gasteiger partial charge in [0.15, 0.2) is 5.78 Å². The van der Waals surface area contributed by atoms with Gasteiger partial charge in [0.05, 0.1) is 6.04 Å². The summed E-state index contributed by atoms with van der Waals surface area (Å²) in [6.07, 6.45) is 0.781. The maximum atomic E-state index is 12.9. The summed E-state index contributed by atoms with van der Waals surface area (Å²) in [6, 6.07) is 10.3. The van der Waals surface area contributed by atoms with Crippen LogP contribution in [-0.4, -0.2) is 39.0 Å². The van der Waals surface area contributed by atoms with E-state index >= 15 is 0 Å². The maximum absolute atomic E-state index is 12.9. The van der Waals surface area contributed by atoms with Crippen molar-refractivity contribution in [2.75, 3.05) is 6.54 Å². The van der Waals surface area contributed by atoms with Crippen LogP contribution in [0.15, 0.2) is 30.3 Å². The number of amides is 1. The van der Waals surface area contributed by atoms with Gasteiger partial charge in [-0.1, -0.05) is 30.3 Å². The number of hydrogen-bond donors (Lipinski definition) is 0. The van der Waals surface area contributed by atoms with Crippen molar-refractivity contribution in [3.8, 4) is 0 Å². The molecule has 0 aliphatic carbocycles. The molecule has 1 aromatic heterocycles. The molecule has 1 atom stereocenters. The molecular weight excluding hydrogens is 302 g/mol. The number of nitrogens with zero attached hydrogens (tertiary/aromatic N) is 3. The van der Waals surface area contributed by atoms with Crippen molar-refractivity contribution >= 4 is 11.7 Å². The molecule has 24 heavy (non-hydrogen) atoms. The van der Waals surface area contributed by atoms with Gasteiger partial charge >= 0.3 is 0 Å². The van der Waals surface area contributed by atoms with Crippen LogP contribution >= 0.6 is 0 Å². The molecule has 5 heteroatoms. The molecule has 1 aliphatic heterocycles. The highest BCUT2D eigenvalue weighted by Gasteiger charge is 2.36. The Balaban J connectivity index is 2.07. The van der Waals surface area contributed by atoms with Gasteiger partial charge in [0.2, 0.25) is 0 Å². The van der Waals surface area contributed by atoms with E-state index in [1.807, 2.05) is 43.9 Å². The van der Waals surface area contributed by atoms with Crippen molar-refractivity contribution < 1.29 is 9.59 Å². The fourth-order valence-electron chi connectivity index (χ4n) is 3.38. The first-order valence-electron chi connectivity index (χ1n) is 8.35. The predicted octanol–water partition coefficient (Wildman–Crippen LogP) is 3.04. The number of carbonyl (C=O) groups excluding carboxylic acids is 2. The Morgan fingerprint density at radius 3 is 2.54 bits per heavy atom. The first-order chi connectivity index (χ1) is 11.4. The van der Waals surface area contributed by atoms with Crippen LogP contribution in [-0.2, 0) is 6.42 Å². The minimum atomic E-state index is -0.100. The Kier molecular flexibility index (Phi) is 4.26. The summed E-state index contributed by atoms with van der Waals surface area (Å²) in [5.41, 5.74) is 2.85. The SMILES string of the molecule is CC(=O)c1nn2c(c1C)C(=O)N(C(C)C)CC2Cc1ccccc1. The second-order valence-electron chi connectivity index (χ2n) is 6.72. The van der Waals surface area contributed by atoms with E-state index in [4.69, 9.17) is 0 Å². The molecule has 5 nitrogen and oxygen atoms in total. The minimum Gasteiger partial charge on any atom is -0.333 e. The van der Waals surface area contributed by atoms with Crippen molar-refractivity contribution in [3.63, 3.8) is 0 Å². The molecule has 1 amide bonds. The normalized spacial score (nSPS) is 17.3. The first kappa shape index (κ1) is 16.4. The van der Waals surface area contributed by atoms with E-state index in [1.165, 1.54) is 12.5 Å². The highest BCUT2D eigenvalue weighted by molar-refractivity contribution is 6.00. The molecule has 1 aromatic carbocycles. The molecule has 0 N–H and O–H groups in total. The highest BCUT2D eigenvalue weighted by Crippen LogP contribution is 2.29. The lowest BCUT2D eigenvalue weighted by atomic mass is 10.0. The molecule has 1 unspecified atom stereocenters. The highest BCUT2D eigenvalue weighted by atomic mass is 16.2. The quantitative estimate of drug-likeness (QED) is 0.812. The summed E-state index contributed by atoms with van der Waals surface area (Å²) >= 11 is 0. The Bertz CT molecular complexity index is 777. The monoisotopic (exact) mass is 325 g/mol. The zero-order valence-electron chi connectivity index (χ0n) is 14.6. The van der Waals surface area contributed by atoms with Gasteiger partial charge in [-0.05, 0) is 32.8 Å². The molecule has 0 saturated heterocycles. The third kappa shape index (κ3) is 2.75. The van der Waals surface area contributed by atoms with Crippen LogP contribution in [0.25, 0.3) is 0 Å². The zero-order chi connectivity index (χ0) is 17.4. The molecule has 0 saturated carbocycles. The molecule has 126 valence electrons. The zero-order valence-corrected chi connectivity index (χ0v) is 14.6. The van der Waals surface area contributed by atoms with Gasteiger partial charge in [0, 0.05) is 25.1 Å². The van der Waals surface area contributed by atoms with E-state index in [9.17, 15) is 9.59 Å². The van der Waals surface area contributed by atoms with Gasteiger partial charge in [0.25, 0.3) is 5.91 Å². The predicted molar refractivity (Wildman–Crippen MR) is 92.3 cm³/mol.